The Hall–Kier alpha value is -2.36. The first-order chi connectivity index (χ1) is 9.50. The molecule has 0 aromatic heterocycles. The van der Waals surface area contributed by atoms with Gasteiger partial charge in [0.2, 0.25) is 0 Å². The van der Waals surface area contributed by atoms with Crippen molar-refractivity contribution in [2.24, 2.45) is 0 Å². The summed E-state index contributed by atoms with van der Waals surface area (Å²) in [7, 11) is 1.31. The average molecular weight is 270 g/mol. The lowest BCUT2D eigenvalue weighted by Crippen LogP contribution is -2.35. The highest BCUT2D eigenvalue weighted by Gasteiger charge is 2.51. The van der Waals surface area contributed by atoms with Crippen LogP contribution in [-0.4, -0.2) is 18.9 Å². The second-order valence-corrected chi connectivity index (χ2v) is 5.09. The van der Waals surface area contributed by atoms with Gasteiger partial charge in [-0.3, -0.25) is 4.79 Å². The molecule has 0 saturated heterocycles. The van der Waals surface area contributed by atoms with Crippen LogP contribution in [0.1, 0.15) is 19.4 Å². The molecule has 1 aromatic carbocycles. The lowest BCUT2D eigenvalue weighted by atomic mass is 9.71. The van der Waals surface area contributed by atoms with Crippen LogP contribution in [0.15, 0.2) is 47.2 Å². The van der Waals surface area contributed by atoms with E-state index in [1.165, 1.54) is 13.2 Å². The number of benzene rings is 1. The molecule has 3 rings (SSSR count). The summed E-state index contributed by atoms with van der Waals surface area (Å²) in [5, 5.41) is 0. The number of methoxy groups -OCH3 is 1. The summed E-state index contributed by atoms with van der Waals surface area (Å²) in [6, 6.07) is 7.48. The number of carbonyl (C=O) groups excluding carboxylic acids is 2. The van der Waals surface area contributed by atoms with Gasteiger partial charge in [-0.05, 0) is 26.0 Å². The summed E-state index contributed by atoms with van der Waals surface area (Å²) in [6.07, 6.45) is 1.36. The number of para-hydroxylation sites is 1. The third-order valence-electron chi connectivity index (χ3n) is 4.02. The Morgan fingerprint density at radius 1 is 1.30 bits per heavy atom. The molecular formula is C16H14O4. The molecule has 1 unspecified atom stereocenters. The van der Waals surface area contributed by atoms with Crippen molar-refractivity contribution in [3.63, 3.8) is 0 Å². The van der Waals surface area contributed by atoms with Crippen LogP contribution in [0.5, 0.6) is 5.75 Å². The minimum atomic E-state index is -0.762. The summed E-state index contributed by atoms with van der Waals surface area (Å²) >= 11 is 0. The van der Waals surface area contributed by atoms with Crippen LogP contribution in [0.3, 0.4) is 0 Å². The summed E-state index contributed by atoms with van der Waals surface area (Å²) in [5.41, 5.74) is 0.951. The van der Waals surface area contributed by atoms with Crippen LogP contribution >= 0.6 is 0 Å². The second kappa shape index (κ2) is 4.07. The third-order valence-corrected chi connectivity index (χ3v) is 4.02. The molecule has 1 aliphatic heterocycles. The number of hydrogen-bond donors (Lipinski definition) is 0. The molecular weight excluding hydrogens is 256 g/mol. The van der Waals surface area contributed by atoms with E-state index in [-0.39, 0.29) is 5.78 Å². The van der Waals surface area contributed by atoms with E-state index < -0.39 is 11.4 Å². The fraction of sp³-hybridized carbons (Fsp3) is 0.250. The number of ether oxygens (including phenoxy) is 2. The molecule has 1 atom stereocenters. The van der Waals surface area contributed by atoms with Gasteiger partial charge in [0.1, 0.15) is 11.5 Å². The van der Waals surface area contributed by atoms with Crippen molar-refractivity contribution >= 4 is 11.8 Å². The molecule has 4 nitrogen and oxygen atoms in total. The zero-order valence-electron chi connectivity index (χ0n) is 11.5. The van der Waals surface area contributed by atoms with Crippen LogP contribution in [0.4, 0.5) is 0 Å². The van der Waals surface area contributed by atoms with Crippen molar-refractivity contribution in [1.29, 1.82) is 0 Å². The predicted octanol–water partition coefficient (Wildman–Crippen LogP) is 2.29. The van der Waals surface area contributed by atoms with Gasteiger partial charge in [-0.2, -0.15) is 0 Å². The molecule has 0 fully saturated rings. The molecule has 0 radical (unpaired) electrons. The van der Waals surface area contributed by atoms with E-state index in [9.17, 15) is 9.59 Å². The van der Waals surface area contributed by atoms with Gasteiger partial charge in [0.25, 0.3) is 0 Å². The molecule has 0 saturated carbocycles. The smallest absolute Gasteiger partial charge is 0.335 e. The first kappa shape index (κ1) is 12.7. The van der Waals surface area contributed by atoms with Crippen molar-refractivity contribution in [3.05, 3.63) is 52.8 Å². The van der Waals surface area contributed by atoms with Crippen molar-refractivity contribution in [2.45, 2.75) is 19.3 Å². The molecule has 20 heavy (non-hydrogen) atoms. The Morgan fingerprint density at radius 3 is 2.70 bits per heavy atom. The lowest BCUT2D eigenvalue weighted by molar-refractivity contribution is -0.137. The van der Waals surface area contributed by atoms with Gasteiger partial charge < -0.3 is 9.47 Å². The molecule has 102 valence electrons. The van der Waals surface area contributed by atoms with Gasteiger partial charge in [0, 0.05) is 11.1 Å². The molecule has 1 heterocycles. The van der Waals surface area contributed by atoms with Gasteiger partial charge in [-0.15, -0.1) is 0 Å². The van der Waals surface area contributed by atoms with Crippen LogP contribution in [0, 0.1) is 0 Å². The van der Waals surface area contributed by atoms with E-state index in [1.54, 1.807) is 6.92 Å². The Labute approximate surface area is 116 Å². The van der Waals surface area contributed by atoms with Crippen LogP contribution in [0.2, 0.25) is 0 Å². The zero-order chi connectivity index (χ0) is 14.5. The number of hydrogen-bond acceptors (Lipinski definition) is 4. The number of esters is 1. The fourth-order valence-corrected chi connectivity index (χ4v) is 2.89. The molecule has 0 spiro atoms. The zero-order valence-corrected chi connectivity index (χ0v) is 11.5. The van der Waals surface area contributed by atoms with Gasteiger partial charge >= 0.3 is 5.97 Å². The van der Waals surface area contributed by atoms with Crippen LogP contribution in [-0.2, 0) is 19.7 Å². The van der Waals surface area contributed by atoms with E-state index in [1.807, 2.05) is 31.2 Å². The second-order valence-electron chi connectivity index (χ2n) is 5.09. The average Bonchev–Trinajstić information content (AvgIpc) is 2.77. The maximum Gasteiger partial charge on any atom is 0.335 e. The first-order valence-corrected chi connectivity index (χ1v) is 6.33. The quantitative estimate of drug-likeness (QED) is 0.735. The Morgan fingerprint density at radius 2 is 2.00 bits per heavy atom. The topological polar surface area (TPSA) is 52.6 Å². The Kier molecular flexibility index (Phi) is 2.57. The van der Waals surface area contributed by atoms with Gasteiger partial charge in [-0.1, -0.05) is 18.2 Å². The van der Waals surface area contributed by atoms with Crippen molar-refractivity contribution < 1.29 is 19.1 Å². The minimum absolute atomic E-state index is 0.217. The highest BCUT2D eigenvalue weighted by molar-refractivity contribution is 6.12. The van der Waals surface area contributed by atoms with Crippen LogP contribution in [0.25, 0.3) is 0 Å². The molecule has 4 heteroatoms. The Balaban J connectivity index is 2.30. The number of fused-ring (bicyclic) bond motifs is 3. The summed E-state index contributed by atoms with van der Waals surface area (Å²) in [4.78, 5) is 24.1. The molecule has 1 aliphatic carbocycles. The van der Waals surface area contributed by atoms with E-state index >= 15 is 0 Å². The largest absolute Gasteiger partial charge is 0.466 e. The number of carbonyl (C=O) groups is 2. The van der Waals surface area contributed by atoms with Gasteiger partial charge in [0.05, 0.1) is 18.1 Å². The SMILES string of the molecule is COC(=O)C1=CC(=O)C(C)=C2Oc3ccccc3C12C. The van der Waals surface area contributed by atoms with Crippen molar-refractivity contribution in [2.75, 3.05) is 7.11 Å². The molecule has 1 aromatic rings. The minimum Gasteiger partial charge on any atom is -0.466 e. The summed E-state index contributed by atoms with van der Waals surface area (Å²) < 4.78 is 10.7. The van der Waals surface area contributed by atoms with E-state index in [2.05, 4.69) is 0 Å². The highest BCUT2D eigenvalue weighted by atomic mass is 16.5. The maximum absolute atomic E-state index is 12.1. The van der Waals surface area contributed by atoms with Crippen molar-refractivity contribution in [1.82, 2.24) is 0 Å². The summed E-state index contributed by atoms with van der Waals surface area (Å²) in [5.74, 6) is 0.470. The van der Waals surface area contributed by atoms with E-state index in [4.69, 9.17) is 9.47 Å². The Bertz CT molecular complexity index is 696. The van der Waals surface area contributed by atoms with Crippen LogP contribution < -0.4 is 4.74 Å². The van der Waals surface area contributed by atoms with E-state index in [0.717, 1.165) is 5.56 Å². The van der Waals surface area contributed by atoms with Crippen molar-refractivity contribution in [3.8, 4) is 5.75 Å². The number of ketones is 1. The van der Waals surface area contributed by atoms with Gasteiger partial charge in [0.15, 0.2) is 5.78 Å². The van der Waals surface area contributed by atoms with E-state index in [0.29, 0.717) is 22.7 Å². The normalized spacial score (nSPS) is 23.8. The molecule has 0 N–H and O–H groups in total. The fourth-order valence-electron chi connectivity index (χ4n) is 2.89. The maximum atomic E-state index is 12.1. The molecule has 2 aliphatic rings. The number of rotatable bonds is 1. The monoisotopic (exact) mass is 270 g/mol. The third kappa shape index (κ3) is 1.42. The standard InChI is InChI=1S/C16H14O4/c1-9-12(17)8-11(15(18)19-3)16(2)10-6-4-5-7-13(10)20-14(9)16/h4-8H,1-3H3. The highest BCUT2D eigenvalue weighted by Crippen LogP contribution is 2.52. The lowest BCUT2D eigenvalue weighted by Gasteiger charge is -2.30. The summed E-state index contributed by atoms with van der Waals surface area (Å²) in [6.45, 7) is 3.60. The number of allylic oxidation sites excluding steroid dienone is 3. The predicted molar refractivity (Wildman–Crippen MR) is 72.2 cm³/mol. The molecule has 0 amide bonds. The first-order valence-electron chi connectivity index (χ1n) is 6.33. The molecule has 0 bridgehead atoms. The van der Waals surface area contributed by atoms with Gasteiger partial charge in [-0.25, -0.2) is 4.79 Å².